The molecule has 2 heterocycles. The first-order valence-corrected chi connectivity index (χ1v) is 10.3. The van der Waals surface area contributed by atoms with Gasteiger partial charge in [-0.1, -0.05) is 30.3 Å². The topological polar surface area (TPSA) is 48.8 Å². The average molecular weight is 428 g/mol. The third-order valence-electron chi connectivity index (χ3n) is 5.09. The van der Waals surface area contributed by atoms with E-state index in [-0.39, 0.29) is 0 Å². The van der Waals surface area contributed by atoms with Crippen LogP contribution in [0.15, 0.2) is 85.4 Å². The monoisotopic (exact) mass is 427 g/mol. The van der Waals surface area contributed by atoms with Gasteiger partial charge in [-0.15, -0.1) is 0 Å². The highest BCUT2D eigenvalue weighted by molar-refractivity contribution is 5.72. The lowest BCUT2D eigenvalue weighted by atomic mass is 10.0. The molecule has 32 heavy (non-hydrogen) atoms. The van der Waals surface area contributed by atoms with Gasteiger partial charge in [0.2, 0.25) is 5.72 Å². The number of rotatable bonds is 6. The quantitative estimate of drug-likeness (QED) is 0.541. The lowest BCUT2D eigenvalue weighted by Crippen LogP contribution is -2.47. The number of anilines is 1. The molecule has 0 radical (unpaired) electrons. The number of hydrogen-bond donors (Lipinski definition) is 0. The molecule has 0 saturated heterocycles. The van der Waals surface area contributed by atoms with Crippen LogP contribution in [0.25, 0.3) is 0 Å². The minimum absolute atomic E-state index is 0.450. The number of nitrogens with zero attached hydrogens (tertiary/aromatic N) is 3. The zero-order valence-electron chi connectivity index (χ0n) is 18.4. The molecule has 4 rings (SSSR count). The first kappa shape index (κ1) is 21.3. The van der Waals surface area contributed by atoms with Gasteiger partial charge in [-0.2, -0.15) is 0 Å². The molecule has 0 bridgehead atoms. The van der Waals surface area contributed by atoms with Crippen molar-refractivity contribution in [1.29, 1.82) is 0 Å². The van der Waals surface area contributed by atoms with E-state index in [1.165, 1.54) is 0 Å². The molecular weight excluding hydrogens is 402 g/mol. The molecule has 162 valence electrons. The van der Waals surface area contributed by atoms with Crippen LogP contribution in [-0.2, 0) is 10.5 Å². The highest BCUT2D eigenvalue weighted by atomic mass is 16.5. The third kappa shape index (κ3) is 3.86. The number of aromatic nitrogens is 2. The van der Waals surface area contributed by atoms with Crippen molar-refractivity contribution in [3.8, 4) is 23.5 Å². The molecule has 6 nitrogen and oxygen atoms in total. The lowest BCUT2D eigenvalue weighted by molar-refractivity contribution is -0.00926. The fraction of sp³-hybridized carbons (Fsp3) is 0.192. The van der Waals surface area contributed by atoms with Crippen LogP contribution in [0.2, 0.25) is 0 Å². The summed E-state index contributed by atoms with van der Waals surface area (Å²) in [5, 5.41) is 0. The second-order valence-corrected chi connectivity index (χ2v) is 6.93. The molecule has 0 aliphatic carbocycles. The maximum atomic E-state index is 6.40. The lowest BCUT2D eigenvalue weighted by Gasteiger charge is -2.42. The predicted molar refractivity (Wildman–Crippen MR) is 125 cm³/mol. The molecule has 2 aromatic carbocycles. The maximum absolute atomic E-state index is 6.40. The number of benzene rings is 2. The summed E-state index contributed by atoms with van der Waals surface area (Å²) >= 11 is 0. The number of allylic oxidation sites excluding steroid dienone is 2. The molecule has 6 heteroatoms. The van der Waals surface area contributed by atoms with Crippen molar-refractivity contribution in [1.82, 2.24) is 9.55 Å². The Morgan fingerprint density at radius 2 is 1.72 bits per heavy atom. The number of methoxy groups -OCH3 is 2. The molecule has 3 aromatic rings. The fourth-order valence-electron chi connectivity index (χ4n) is 3.71. The van der Waals surface area contributed by atoms with Crippen LogP contribution >= 0.6 is 0 Å². The Morgan fingerprint density at radius 3 is 2.41 bits per heavy atom. The highest BCUT2D eigenvalue weighted by Gasteiger charge is 2.43. The van der Waals surface area contributed by atoms with E-state index in [1.54, 1.807) is 25.0 Å². The van der Waals surface area contributed by atoms with Gasteiger partial charge in [-0.3, -0.25) is 4.57 Å². The van der Waals surface area contributed by atoms with E-state index in [9.17, 15) is 0 Å². The van der Waals surface area contributed by atoms with Crippen molar-refractivity contribution in [2.24, 2.45) is 0 Å². The normalized spacial score (nSPS) is 17.0. The van der Waals surface area contributed by atoms with Gasteiger partial charge in [0.15, 0.2) is 5.82 Å². The van der Waals surface area contributed by atoms with Gasteiger partial charge in [-0.25, -0.2) is 4.98 Å². The van der Waals surface area contributed by atoms with E-state index in [1.807, 2.05) is 91.0 Å². The number of ether oxygens (including phenoxy) is 3. The summed E-state index contributed by atoms with van der Waals surface area (Å²) in [4.78, 5) is 6.63. The van der Waals surface area contributed by atoms with Gasteiger partial charge in [0.05, 0.1) is 14.2 Å². The predicted octanol–water partition coefficient (Wildman–Crippen LogP) is 4.54. The SMILES string of the molecule is CCOC1(c2nccn2C#Cc2ccccc2)C=CC=CN1c1c(OC)cccc1OC. The second-order valence-electron chi connectivity index (χ2n) is 6.93. The van der Waals surface area contributed by atoms with E-state index >= 15 is 0 Å². The molecule has 1 atom stereocenters. The van der Waals surface area contributed by atoms with Crippen molar-refractivity contribution in [3.05, 3.63) is 96.7 Å². The highest BCUT2D eigenvalue weighted by Crippen LogP contribution is 2.46. The number of para-hydroxylation sites is 1. The van der Waals surface area contributed by atoms with Gasteiger partial charge in [0.25, 0.3) is 0 Å². The van der Waals surface area contributed by atoms with Crippen LogP contribution in [0.4, 0.5) is 5.69 Å². The minimum Gasteiger partial charge on any atom is -0.494 e. The Kier molecular flexibility index (Phi) is 6.29. The fourth-order valence-corrected chi connectivity index (χ4v) is 3.71. The summed E-state index contributed by atoms with van der Waals surface area (Å²) in [6.45, 7) is 2.40. The molecule has 0 N–H and O–H groups in total. The Morgan fingerprint density at radius 1 is 0.969 bits per heavy atom. The van der Waals surface area contributed by atoms with E-state index in [0.717, 1.165) is 11.3 Å². The summed E-state index contributed by atoms with van der Waals surface area (Å²) < 4.78 is 19.5. The van der Waals surface area contributed by atoms with Crippen LogP contribution in [0, 0.1) is 12.0 Å². The van der Waals surface area contributed by atoms with Crippen molar-refractivity contribution in [2.75, 3.05) is 25.7 Å². The summed E-state index contributed by atoms with van der Waals surface area (Å²) in [6, 6.07) is 18.7. The van der Waals surface area contributed by atoms with Crippen LogP contribution in [0.3, 0.4) is 0 Å². The van der Waals surface area contributed by atoms with Crippen molar-refractivity contribution in [3.63, 3.8) is 0 Å². The van der Waals surface area contributed by atoms with Gasteiger partial charge in [0.1, 0.15) is 17.2 Å². The summed E-state index contributed by atoms with van der Waals surface area (Å²) in [5.41, 5.74) is 0.595. The Bertz CT molecular complexity index is 1170. The number of hydrogen-bond acceptors (Lipinski definition) is 5. The Labute approximate surface area is 188 Å². The Hall–Kier alpha value is -3.95. The van der Waals surface area contributed by atoms with E-state index < -0.39 is 5.72 Å². The average Bonchev–Trinajstić information content (AvgIpc) is 3.32. The number of imidazole rings is 1. The molecule has 1 unspecified atom stereocenters. The van der Waals surface area contributed by atoms with E-state index in [4.69, 9.17) is 14.2 Å². The molecule has 1 aliphatic rings. The first-order chi connectivity index (χ1) is 15.7. The molecule has 0 spiro atoms. The van der Waals surface area contributed by atoms with Gasteiger partial charge in [0, 0.05) is 36.8 Å². The maximum Gasteiger partial charge on any atom is 0.225 e. The van der Waals surface area contributed by atoms with Crippen LogP contribution in [0.5, 0.6) is 11.5 Å². The van der Waals surface area contributed by atoms with Gasteiger partial charge in [-0.05, 0) is 49.3 Å². The van der Waals surface area contributed by atoms with Crippen molar-refractivity contribution < 1.29 is 14.2 Å². The van der Waals surface area contributed by atoms with Crippen LogP contribution < -0.4 is 14.4 Å². The van der Waals surface area contributed by atoms with E-state index in [2.05, 4.69) is 16.9 Å². The molecule has 0 fully saturated rings. The minimum atomic E-state index is -1.06. The first-order valence-electron chi connectivity index (χ1n) is 10.3. The van der Waals surface area contributed by atoms with Crippen LogP contribution in [-0.4, -0.2) is 30.4 Å². The zero-order chi connectivity index (χ0) is 22.4. The van der Waals surface area contributed by atoms with Crippen molar-refractivity contribution >= 4 is 5.69 Å². The summed E-state index contributed by atoms with van der Waals surface area (Å²) in [5.74, 6) is 5.12. The third-order valence-corrected chi connectivity index (χ3v) is 5.09. The zero-order valence-corrected chi connectivity index (χ0v) is 18.4. The largest absolute Gasteiger partial charge is 0.494 e. The molecule has 0 saturated carbocycles. The standard InChI is InChI=1S/C26H25N3O3/c1-4-32-26(25-27-17-20-28(25)19-15-21-11-6-5-7-12-21)16-8-9-18-29(26)24-22(30-2)13-10-14-23(24)31-3/h5-14,16-18,20H,4H2,1-3H3. The second kappa shape index (κ2) is 9.46. The molecular formula is C26H25N3O3. The Balaban J connectivity index is 1.88. The van der Waals surface area contributed by atoms with E-state index in [0.29, 0.717) is 23.9 Å². The van der Waals surface area contributed by atoms with Gasteiger partial charge >= 0.3 is 0 Å². The van der Waals surface area contributed by atoms with Crippen molar-refractivity contribution in [2.45, 2.75) is 12.6 Å². The molecule has 1 aliphatic heterocycles. The summed E-state index contributed by atoms with van der Waals surface area (Å²) in [7, 11) is 3.27. The van der Waals surface area contributed by atoms with Gasteiger partial charge < -0.3 is 19.1 Å². The summed E-state index contributed by atoms with van der Waals surface area (Å²) in [6.07, 6.45) is 11.3. The smallest absolute Gasteiger partial charge is 0.225 e. The van der Waals surface area contributed by atoms with Crippen LogP contribution in [0.1, 0.15) is 18.3 Å². The molecule has 0 amide bonds. The molecule has 1 aromatic heterocycles.